The number of nitrogens with one attached hydrogen (secondary N) is 1. The second kappa shape index (κ2) is 15.2. The Bertz CT molecular complexity index is 1720. The quantitative estimate of drug-likeness (QED) is 0.0548. The highest BCUT2D eigenvalue weighted by Crippen LogP contribution is 2.51. The van der Waals surface area contributed by atoms with Crippen molar-refractivity contribution in [2.24, 2.45) is 5.11 Å². The van der Waals surface area contributed by atoms with E-state index in [4.69, 9.17) is 24.3 Å². The maximum absolute atomic E-state index is 14.5. The number of nitrogens with two attached hydrogens (primary N) is 1. The minimum atomic E-state index is -4.04. The van der Waals surface area contributed by atoms with Gasteiger partial charge < -0.3 is 20.3 Å². The lowest BCUT2D eigenvalue weighted by Crippen LogP contribution is -2.42. The maximum atomic E-state index is 14.5. The summed E-state index contributed by atoms with van der Waals surface area (Å²) in [6, 6.07) is 19.0. The lowest BCUT2D eigenvalue weighted by molar-refractivity contribution is -0.0447. The molecule has 0 aliphatic carbocycles. The monoisotopic (exact) mass is 665 g/mol. The number of rotatable bonds is 16. The Balaban J connectivity index is 1.43. The number of ether oxygens (including phenoxy) is 2. The van der Waals surface area contributed by atoms with Crippen LogP contribution in [-0.2, 0) is 24.9 Å². The van der Waals surface area contributed by atoms with Crippen LogP contribution in [0.3, 0.4) is 0 Å². The van der Waals surface area contributed by atoms with E-state index < -0.39 is 37.8 Å². The third kappa shape index (κ3) is 7.74. The number of hydrogen-bond acceptors (Lipinski definition) is 11. The summed E-state index contributed by atoms with van der Waals surface area (Å²) in [4.78, 5) is 15.8. The average Bonchev–Trinajstić information content (AvgIpc) is 3.60. The zero-order valence-corrected chi connectivity index (χ0v) is 27.4. The molecule has 0 bridgehead atoms. The molecule has 1 fully saturated rings. The fourth-order valence-corrected chi connectivity index (χ4v) is 6.98. The number of aliphatic hydroxyl groups is 1. The number of aliphatic hydroxyl groups excluding tert-OH is 1. The van der Waals surface area contributed by atoms with Gasteiger partial charge in [-0.1, -0.05) is 85.5 Å². The van der Waals surface area contributed by atoms with Gasteiger partial charge in [0.2, 0.25) is 11.8 Å². The molecule has 0 spiro atoms. The molecule has 3 heterocycles. The largest absolute Gasteiger partial charge is 0.476 e. The van der Waals surface area contributed by atoms with Crippen LogP contribution in [0.2, 0.25) is 0 Å². The molecule has 15 nitrogen and oxygen atoms in total. The van der Waals surface area contributed by atoms with Gasteiger partial charge in [-0.05, 0) is 36.9 Å². The minimum absolute atomic E-state index is 0.0646. The molecule has 4 N–H and O–H groups in total. The fraction of sp³-hybridized carbons (Fsp3) is 0.452. The standard InChI is InChI=1S/C31H40N9O6P/c1-4-6-17-23(22-15-11-8-12-16-22)46-47(42,35-18-21-13-9-7-10-14-21)44-19-24-26(41)31(3,38-39-33)29(45-24)40-20-34-25-27(40)36-30(32)37-28(25)43-5-2/h7-16,20,23-24,26,29,41H,4-6,17-19H2,1-3H3,(H,35,42)(H2,32,36,37)/t23?,24-,26-,29-,31-,47?/m1/s1. The summed E-state index contributed by atoms with van der Waals surface area (Å²) < 4.78 is 40.2. The van der Waals surface area contributed by atoms with Gasteiger partial charge in [0.25, 0.3) is 0 Å². The zero-order chi connectivity index (χ0) is 33.4. The number of unbranched alkanes of at least 4 members (excludes halogenated alkanes) is 1. The first-order valence-electron chi connectivity index (χ1n) is 15.5. The first-order valence-corrected chi connectivity index (χ1v) is 17.0. The molecule has 0 amide bonds. The van der Waals surface area contributed by atoms with Crippen LogP contribution in [0.4, 0.5) is 5.95 Å². The molecule has 1 aliphatic rings. The first-order chi connectivity index (χ1) is 22.7. The summed E-state index contributed by atoms with van der Waals surface area (Å²) in [7, 11) is -4.04. The van der Waals surface area contributed by atoms with E-state index in [1.807, 2.05) is 60.7 Å². The number of aromatic nitrogens is 4. The Morgan fingerprint density at radius 3 is 2.60 bits per heavy atom. The Labute approximate surface area is 272 Å². The van der Waals surface area contributed by atoms with Crippen molar-refractivity contribution in [3.8, 4) is 5.88 Å². The summed E-state index contributed by atoms with van der Waals surface area (Å²) in [6.07, 6.45) is -0.324. The molecule has 0 radical (unpaired) electrons. The molecule has 16 heteroatoms. The van der Waals surface area contributed by atoms with Crippen molar-refractivity contribution in [3.05, 3.63) is 88.6 Å². The molecule has 2 unspecified atom stereocenters. The Kier molecular flexibility index (Phi) is 11.1. The van der Waals surface area contributed by atoms with Gasteiger partial charge in [0.05, 0.1) is 31.7 Å². The van der Waals surface area contributed by atoms with Gasteiger partial charge in [0.1, 0.15) is 11.6 Å². The van der Waals surface area contributed by atoms with E-state index in [2.05, 4.69) is 37.0 Å². The lowest BCUT2D eigenvalue weighted by Gasteiger charge is -2.28. The number of fused-ring (bicyclic) bond motifs is 1. The van der Waals surface area contributed by atoms with Gasteiger partial charge in [0, 0.05) is 11.5 Å². The number of nitrogen functional groups attached to an aromatic ring is 1. The summed E-state index contributed by atoms with van der Waals surface area (Å²) in [6.45, 7) is 5.56. The third-order valence-corrected chi connectivity index (χ3v) is 9.51. The molecular formula is C31H40N9O6P. The van der Waals surface area contributed by atoms with E-state index in [9.17, 15) is 15.2 Å². The second-order valence-electron chi connectivity index (χ2n) is 11.3. The molecule has 250 valence electrons. The van der Waals surface area contributed by atoms with Crippen molar-refractivity contribution in [1.29, 1.82) is 0 Å². The van der Waals surface area contributed by atoms with E-state index in [1.54, 1.807) is 13.8 Å². The smallest absolute Gasteiger partial charge is 0.406 e. The molecular weight excluding hydrogens is 625 g/mol. The van der Waals surface area contributed by atoms with E-state index >= 15 is 0 Å². The highest BCUT2D eigenvalue weighted by atomic mass is 31.2. The van der Waals surface area contributed by atoms with Crippen molar-refractivity contribution in [3.63, 3.8) is 0 Å². The Hall–Kier alpha value is -4.07. The van der Waals surface area contributed by atoms with E-state index in [0.29, 0.717) is 18.5 Å². The van der Waals surface area contributed by atoms with Crippen molar-refractivity contribution >= 4 is 24.9 Å². The number of benzene rings is 2. The number of imidazole rings is 1. The van der Waals surface area contributed by atoms with Crippen LogP contribution in [0.5, 0.6) is 5.88 Å². The Morgan fingerprint density at radius 2 is 1.91 bits per heavy atom. The molecule has 6 atom stereocenters. The topological polar surface area (TPSA) is 205 Å². The molecule has 1 aliphatic heterocycles. The van der Waals surface area contributed by atoms with E-state index in [-0.39, 0.29) is 30.6 Å². The minimum Gasteiger partial charge on any atom is -0.476 e. The van der Waals surface area contributed by atoms with Crippen molar-refractivity contribution < 1.29 is 28.2 Å². The van der Waals surface area contributed by atoms with Crippen LogP contribution in [0.1, 0.15) is 63.5 Å². The van der Waals surface area contributed by atoms with Crippen molar-refractivity contribution in [2.45, 2.75) is 76.7 Å². The molecule has 2 aromatic heterocycles. The van der Waals surface area contributed by atoms with Gasteiger partial charge in [-0.3, -0.25) is 13.6 Å². The normalized spacial score (nSPS) is 22.9. The van der Waals surface area contributed by atoms with Crippen LogP contribution >= 0.6 is 7.75 Å². The average molecular weight is 666 g/mol. The second-order valence-corrected chi connectivity index (χ2v) is 13.1. The van der Waals surface area contributed by atoms with Gasteiger partial charge in [-0.15, -0.1) is 0 Å². The van der Waals surface area contributed by atoms with Gasteiger partial charge >= 0.3 is 7.75 Å². The molecule has 0 saturated carbocycles. The maximum Gasteiger partial charge on any atom is 0.406 e. The molecule has 4 aromatic rings. The SMILES string of the molecule is CCCCC(OP(=O)(NCc1ccccc1)OC[C@H]1O[C@@H](n2cnc3c(OCC)nc(N)nc32)[C@](C)(N=[N+]=[N-])[C@@H]1O)c1ccccc1. The fourth-order valence-electron chi connectivity index (χ4n) is 5.47. The number of hydrogen-bond donors (Lipinski definition) is 3. The summed E-state index contributed by atoms with van der Waals surface area (Å²) in [5, 5.41) is 18.4. The highest BCUT2D eigenvalue weighted by molar-refractivity contribution is 7.51. The van der Waals surface area contributed by atoms with Gasteiger partial charge in [-0.2, -0.15) is 9.97 Å². The Morgan fingerprint density at radius 1 is 1.19 bits per heavy atom. The lowest BCUT2D eigenvalue weighted by atomic mass is 9.93. The number of anilines is 1. The molecule has 47 heavy (non-hydrogen) atoms. The van der Waals surface area contributed by atoms with Crippen LogP contribution in [0.15, 0.2) is 72.1 Å². The predicted octanol–water partition coefficient (Wildman–Crippen LogP) is 6.00. The number of nitrogens with zero attached hydrogens (tertiary/aromatic N) is 7. The number of azide groups is 1. The third-order valence-electron chi connectivity index (χ3n) is 7.94. The van der Waals surface area contributed by atoms with Crippen LogP contribution in [0.25, 0.3) is 21.6 Å². The van der Waals surface area contributed by atoms with Crippen molar-refractivity contribution in [1.82, 2.24) is 24.6 Å². The predicted molar refractivity (Wildman–Crippen MR) is 175 cm³/mol. The van der Waals surface area contributed by atoms with E-state index in [0.717, 1.165) is 24.0 Å². The van der Waals surface area contributed by atoms with Crippen LogP contribution in [0, 0.1) is 0 Å². The van der Waals surface area contributed by atoms with Crippen molar-refractivity contribution in [2.75, 3.05) is 18.9 Å². The summed E-state index contributed by atoms with van der Waals surface area (Å²) >= 11 is 0. The highest BCUT2D eigenvalue weighted by Gasteiger charge is 2.55. The van der Waals surface area contributed by atoms with Crippen LogP contribution in [-0.4, -0.2) is 55.6 Å². The first kappa shape index (κ1) is 34.3. The summed E-state index contributed by atoms with van der Waals surface area (Å²) in [5.74, 6) is 0.113. The molecule has 5 rings (SSSR count). The summed E-state index contributed by atoms with van der Waals surface area (Å²) in [5.41, 5.74) is 16.2. The van der Waals surface area contributed by atoms with Gasteiger partial charge in [0.15, 0.2) is 17.4 Å². The van der Waals surface area contributed by atoms with Gasteiger partial charge in [-0.25, -0.2) is 14.6 Å². The zero-order valence-electron chi connectivity index (χ0n) is 26.5. The van der Waals surface area contributed by atoms with Crippen LogP contribution < -0.4 is 15.6 Å². The molecule has 1 saturated heterocycles. The van der Waals surface area contributed by atoms with E-state index in [1.165, 1.54) is 10.9 Å². The molecule has 2 aromatic carbocycles.